The molecule has 3 nitrogen and oxygen atoms in total. The van der Waals surface area contributed by atoms with Gasteiger partial charge in [-0.15, -0.1) is 0 Å². The summed E-state index contributed by atoms with van der Waals surface area (Å²) < 4.78 is 5.06. The fourth-order valence-corrected chi connectivity index (χ4v) is 1.52. The van der Waals surface area contributed by atoms with Crippen molar-refractivity contribution in [3.63, 3.8) is 0 Å². The molecule has 0 spiro atoms. The van der Waals surface area contributed by atoms with E-state index >= 15 is 0 Å². The number of nitrogens with one attached hydrogen (secondary N) is 1. The van der Waals surface area contributed by atoms with Gasteiger partial charge >= 0.3 is 0 Å². The molecule has 1 rings (SSSR count). The van der Waals surface area contributed by atoms with Gasteiger partial charge in [-0.1, -0.05) is 17.7 Å². The summed E-state index contributed by atoms with van der Waals surface area (Å²) in [6, 6.07) is 5.57. The van der Waals surface area contributed by atoms with Crippen molar-refractivity contribution < 1.29 is 9.53 Å². The Labute approximate surface area is 101 Å². The lowest BCUT2D eigenvalue weighted by molar-refractivity contribution is -0.116. The quantitative estimate of drug-likeness (QED) is 0.778. The van der Waals surface area contributed by atoms with Gasteiger partial charge < -0.3 is 10.1 Å². The van der Waals surface area contributed by atoms with Crippen molar-refractivity contribution in [2.45, 2.75) is 19.9 Å². The summed E-state index contributed by atoms with van der Waals surface area (Å²) in [6.45, 7) is 2.93. The fraction of sp³-hybridized carbons (Fsp3) is 0.417. The Kier molecular flexibility index (Phi) is 5.29. The smallest absolute Gasteiger partial charge is 0.131 e. The number of ketones is 1. The fourth-order valence-electron chi connectivity index (χ4n) is 1.29. The zero-order valence-electron chi connectivity index (χ0n) is 9.55. The third-order valence-electron chi connectivity index (χ3n) is 2.23. The van der Waals surface area contributed by atoms with Crippen molar-refractivity contribution in [3.8, 4) is 5.75 Å². The van der Waals surface area contributed by atoms with E-state index in [0.29, 0.717) is 24.5 Å². The van der Waals surface area contributed by atoms with Crippen molar-refractivity contribution in [1.29, 1.82) is 0 Å². The summed E-state index contributed by atoms with van der Waals surface area (Å²) in [5.74, 6) is 0.936. The average Bonchev–Trinajstić information content (AvgIpc) is 2.25. The van der Waals surface area contributed by atoms with Crippen molar-refractivity contribution in [2.24, 2.45) is 0 Å². The maximum atomic E-state index is 10.7. The van der Waals surface area contributed by atoms with Crippen LogP contribution in [0.4, 0.5) is 0 Å². The van der Waals surface area contributed by atoms with Crippen LogP contribution < -0.4 is 10.1 Å². The van der Waals surface area contributed by atoms with E-state index in [1.165, 1.54) is 0 Å². The van der Waals surface area contributed by atoms with E-state index in [2.05, 4.69) is 5.32 Å². The first-order chi connectivity index (χ1) is 7.63. The minimum atomic E-state index is 0.188. The van der Waals surface area contributed by atoms with Crippen LogP contribution in [0, 0.1) is 0 Å². The highest BCUT2D eigenvalue weighted by molar-refractivity contribution is 6.31. The third kappa shape index (κ3) is 4.21. The lowest BCUT2D eigenvalue weighted by atomic mass is 10.2. The molecular weight excluding hydrogens is 226 g/mol. The molecule has 0 unspecified atom stereocenters. The maximum Gasteiger partial charge on any atom is 0.131 e. The number of hydrogen-bond acceptors (Lipinski definition) is 3. The molecule has 4 heteroatoms. The van der Waals surface area contributed by atoms with Crippen LogP contribution in [0.25, 0.3) is 0 Å². The van der Waals surface area contributed by atoms with E-state index in [0.717, 1.165) is 11.3 Å². The number of methoxy groups -OCH3 is 1. The van der Waals surface area contributed by atoms with E-state index in [9.17, 15) is 4.79 Å². The van der Waals surface area contributed by atoms with Gasteiger partial charge in [-0.05, 0) is 24.6 Å². The molecule has 1 N–H and O–H groups in total. The molecule has 1 aromatic carbocycles. The molecule has 0 heterocycles. The van der Waals surface area contributed by atoms with Crippen molar-refractivity contribution in [1.82, 2.24) is 5.32 Å². The molecule has 0 bridgehead atoms. The number of benzene rings is 1. The first kappa shape index (κ1) is 13.0. The van der Waals surface area contributed by atoms with Crippen molar-refractivity contribution >= 4 is 17.4 Å². The Morgan fingerprint density at radius 2 is 2.25 bits per heavy atom. The molecular formula is C12H16ClNO2. The Bertz CT molecular complexity index is 366. The Morgan fingerprint density at radius 1 is 1.50 bits per heavy atom. The normalized spacial score (nSPS) is 10.2. The van der Waals surface area contributed by atoms with Gasteiger partial charge in [-0.2, -0.15) is 0 Å². The van der Waals surface area contributed by atoms with Gasteiger partial charge in [0.15, 0.2) is 0 Å². The molecule has 0 atom stereocenters. The number of hydrogen-bond donors (Lipinski definition) is 1. The highest BCUT2D eigenvalue weighted by Crippen LogP contribution is 2.21. The average molecular weight is 242 g/mol. The second kappa shape index (κ2) is 6.51. The minimum Gasteiger partial charge on any atom is -0.497 e. The molecule has 0 aliphatic heterocycles. The Balaban J connectivity index is 2.45. The summed E-state index contributed by atoms with van der Waals surface area (Å²) in [6.07, 6.45) is 0.549. The Hall–Kier alpha value is -1.06. The topological polar surface area (TPSA) is 38.3 Å². The number of rotatable bonds is 6. The van der Waals surface area contributed by atoms with Gasteiger partial charge in [-0.25, -0.2) is 0 Å². The van der Waals surface area contributed by atoms with E-state index in [1.807, 2.05) is 12.1 Å². The highest BCUT2D eigenvalue weighted by Gasteiger charge is 2.02. The van der Waals surface area contributed by atoms with Gasteiger partial charge in [0.05, 0.1) is 7.11 Å². The van der Waals surface area contributed by atoms with Gasteiger partial charge in [0.25, 0.3) is 0 Å². The van der Waals surface area contributed by atoms with Gasteiger partial charge in [-0.3, -0.25) is 4.79 Å². The molecule has 0 saturated carbocycles. The van der Waals surface area contributed by atoms with Gasteiger partial charge in [0, 0.05) is 24.5 Å². The molecule has 0 aromatic heterocycles. The second-order valence-electron chi connectivity index (χ2n) is 3.59. The first-order valence-corrected chi connectivity index (χ1v) is 5.54. The number of carbonyl (C=O) groups is 1. The van der Waals surface area contributed by atoms with E-state index < -0.39 is 0 Å². The lowest BCUT2D eigenvalue weighted by Crippen LogP contribution is -2.17. The molecule has 0 saturated heterocycles. The van der Waals surface area contributed by atoms with Crippen LogP contribution in [0.1, 0.15) is 18.9 Å². The summed E-state index contributed by atoms with van der Waals surface area (Å²) in [5, 5.41) is 3.84. The number of Topliss-reactive ketones (excluding diaryl/α,β-unsaturated/α-hetero) is 1. The third-order valence-corrected chi connectivity index (χ3v) is 2.58. The zero-order chi connectivity index (χ0) is 12.0. The van der Waals surface area contributed by atoms with Crippen LogP contribution in [0.5, 0.6) is 5.75 Å². The standard InChI is InChI=1S/C12H16ClNO2/c1-9(15)5-6-14-8-10-3-4-11(16-2)7-12(10)13/h3-4,7,14H,5-6,8H2,1-2H3. The number of ether oxygens (including phenoxy) is 1. The van der Waals surface area contributed by atoms with Crippen LogP contribution in [0.2, 0.25) is 5.02 Å². The molecule has 0 aliphatic carbocycles. The van der Waals surface area contributed by atoms with Crippen LogP contribution in [0.15, 0.2) is 18.2 Å². The SMILES string of the molecule is COc1ccc(CNCCC(C)=O)c(Cl)c1. The van der Waals surface area contributed by atoms with Gasteiger partial charge in [0.1, 0.15) is 11.5 Å². The summed E-state index contributed by atoms with van der Waals surface area (Å²) in [5.41, 5.74) is 1.01. The van der Waals surface area contributed by atoms with Crippen molar-refractivity contribution in [3.05, 3.63) is 28.8 Å². The molecule has 0 radical (unpaired) electrons. The van der Waals surface area contributed by atoms with Crippen LogP contribution in [0.3, 0.4) is 0 Å². The molecule has 0 amide bonds. The summed E-state index contributed by atoms with van der Waals surface area (Å²) in [4.78, 5) is 10.7. The first-order valence-electron chi connectivity index (χ1n) is 5.16. The predicted molar refractivity (Wildman–Crippen MR) is 65.0 cm³/mol. The number of carbonyl (C=O) groups excluding carboxylic acids is 1. The monoisotopic (exact) mass is 241 g/mol. The van der Waals surface area contributed by atoms with E-state index in [1.54, 1.807) is 20.1 Å². The molecule has 1 aromatic rings. The largest absolute Gasteiger partial charge is 0.497 e. The van der Waals surface area contributed by atoms with E-state index in [-0.39, 0.29) is 5.78 Å². The second-order valence-corrected chi connectivity index (χ2v) is 3.99. The van der Waals surface area contributed by atoms with Gasteiger partial charge in [0.2, 0.25) is 0 Å². The summed E-state index contributed by atoms with van der Waals surface area (Å²) >= 11 is 6.06. The molecule has 16 heavy (non-hydrogen) atoms. The molecule has 88 valence electrons. The minimum absolute atomic E-state index is 0.188. The zero-order valence-corrected chi connectivity index (χ0v) is 10.3. The predicted octanol–water partition coefficient (Wildman–Crippen LogP) is 2.42. The van der Waals surface area contributed by atoms with Crippen molar-refractivity contribution in [2.75, 3.05) is 13.7 Å². The highest BCUT2D eigenvalue weighted by atomic mass is 35.5. The van der Waals surface area contributed by atoms with Crippen LogP contribution in [-0.2, 0) is 11.3 Å². The van der Waals surface area contributed by atoms with Crippen LogP contribution in [-0.4, -0.2) is 19.4 Å². The van der Waals surface area contributed by atoms with E-state index in [4.69, 9.17) is 16.3 Å². The molecule has 0 fully saturated rings. The lowest BCUT2D eigenvalue weighted by Gasteiger charge is -2.07. The Morgan fingerprint density at radius 3 is 2.81 bits per heavy atom. The molecule has 0 aliphatic rings. The summed E-state index contributed by atoms with van der Waals surface area (Å²) in [7, 11) is 1.61. The van der Waals surface area contributed by atoms with Crippen LogP contribution >= 0.6 is 11.6 Å². The maximum absolute atomic E-state index is 10.7. The number of halogens is 1.